The number of aliphatic hydroxyl groups excluding tert-OH is 1. The molecular formula is C33H31F2N3O5S2. The number of ether oxygens (including phenoxy) is 2. The van der Waals surface area contributed by atoms with Crippen molar-refractivity contribution in [1.29, 1.82) is 0 Å². The van der Waals surface area contributed by atoms with Crippen LogP contribution in [0.2, 0.25) is 0 Å². The summed E-state index contributed by atoms with van der Waals surface area (Å²) in [5.74, 6) is -1.28. The molecule has 2 heterocycles. The average Bonchev–Trinajstić information content (AvgIpc) is 3.59. The first-order valence-electron chi connectivity index (χ1n) is 14.3. The van der Waals surface area contributed by atoms with E-state index in [0.717, 1.165) is 35.5 Å². The van der Waals surface area contributed by atoms with Crippen LogP contribution in [0.25, 0.3) is 5.76 Å². The van der Waals surface area contributed by atoms with Gasteiger partial charge in [-0.3, -0.25) is 14.5 Å². The maximum Gasteiger partial charge on any atom is 0.301 e. The zero-order valence-corrected chi connectivity index (χ0v) is 26.5. The van der Waals surface area contributed by atoms with Crippen LogP contribution in [0.5, 0.6) is 11.5 Å². The molecule has 0 spiro atoms. The number of rotatable bonds is 12. The van der Waals surface area contributed by atoms with E-state index in [-0.39, 0.29) is 22.1 Å². The van der Waals surface area contributed by atoms with Crippen LogP contribution in [0, 0.1) is 17.6 Å². The van der Waals surface area contributed by atoms with Gasteiger partial charge in [0.25, 0.3) is 5.78 Å². The number of halogens is 2. The van der Waals surface area contributed by atoms with Crippen molar-refractivity contribution < 1.29 is 33.0 Å². The number of ketones is 1. The van der Waals surface area contributed by atoms with Crippen LogP contribution in [0.3, 0.4) is 0 Å². The van der Waals surface area contributed by atoms with Crippen LogP contribution >= 0.6 is 23.1 Å². The van der Waals surface area contributed by atoms with Gasteiger partial charge in [0, 0.05) is 11.3 Å². The van der Waals surface area contributed by atoms with Crippen LogP contribution in [-0.4, -0.2) is 40.2 Å². The summed E-state index contributed by atoms with van der Waals surface area (Å²) in [6.07, 6.45) is 0.837. The molecular weight excluding hydrogens is 621 g/mol. The van der Waals surface area contributed by atoms with E-state index in [1.807, 2.05) is 6.92 Å². The minimum atomic E-state index is -1.10. The number of aliphatic hydroxyl groups is 1. The van der Waals surface area contributed by atoms with Crippen LogP contribution in [0.4, 0.5) is 13.9 Å². The Balaban J connectivity index is 1.55. The fourth-order valence-electron chi connectivity index (χ4n) is 4.68. The molecule has 0 radical (unpaired) electrons. The molecule has 5 rings (SSSR count). The quantitative estimate of drug-likeness (QED) is 0.0551. The number of aromatic nitrogens is 2. The van der Waals surface area contributed by atoms with Crippen molar-refractivity contribution in [3.63, 3.8) is 0 Å². The Morgan fingerprint density at radius 1 is 0.978 bits per heavy atom. The Morgan fingerprint density at radius 3 is 2.33 bits per heavy atom. The zero-order valence-electron chi connectivity index (χ0n) is 24.8. The van der Waals surface area contributed by atoms with Crippen molar-refractivity contribution in [2.24, 2.45) is 5.92 Å². The number of hydrogen-bond acceptors (Lipinski definition) is 9. The molecule has 12 heteroatoms. The lowest BCUT2D eigenvalue weighted by Gasteiger charge is -2.23. The third-order valence-electron chi connectivity index (χ3n) is 6.98. The Kier molecular flexibility index (Phi) is 10.1. The number of anilines is 1. The molecule has 8 nitrogen and oxygen atoms in total. The van der Waals surface area contributed by atoms with E-state index in [4.69, 9.17) is 9.47 Å². The van der Waals surface area contributed by atoms with E-state index in [1.54, 1.807) is 30.3 Å². The van der Waals surface area contributed by atoms with Crippen LogP contribution in [0.1, 0.15) is 49.9 Å². The number of nitrogens with zero attached hydrogens (tertiary/aromatic N) is 3. The predicted octanol–water partition coefficient (Wildman–Crippen LogP) is 7.56. The summed E-state index contributed by atoms with van der Waals surface area (Å²) in [7, 11) is 0. The summed E-state index contributed by atoms with van der Waals surface area (Å²) in [5, 5.41) is 20.0. The van der Waals surface area contributed by atoms with Gasteiger partial charge in [-0.15, -0.1) is 10.2 Å². The number of hydrogen-bond donors (Lipinski definition) is 1. The molecule has 234 valence electrons. The lowest BCUT2D eigenvalue weighted by atomic mass is 9.95. The van der Waals surface area contributed by atoms with Crippen LogP contribution in [-0.2, 0) is 15.3 Å². The zero-order chi connectivity index (χ0) is 32.1. The molecule has 3 aromatic carbocycles. The normalized spacial score (nSPS) is 16.0. The number of Topliss-reactive ketones (excluding diaryl/α,β-unsaturated/α-hetero) is 1. The van der Waals surface area contributed by atoms with Crippen molar-refractivity contribution in [3.8, 4) is 11.5 Å². The number of benzene rings is 3. The molecule has 1 unspecified atom stereocenters. The average molecular weight is 652 g/mol. The second-order valence-electron chi connectivity index (χ2n) is 10.6. The van der Waals surface area contributed by atoms with E-state index < -0.39 is 29.3 Å². The van der Waals surface area contributed by atoms with Gasteiger partial charge >= 0.3 is 5.91 Å². The van der Waals surface area contributed by atoms with Gasteiger partial charge in [0.2, 0.25) is 5.13 Å². The Labute approximate surface area is 267 Å². The highest BCUT2D eigenvalue weighted by atomic mass is 32.2. The lowest BCUT2D eigenvalue weighted by Crippen LogP contribution is -2.29. The summed E-state index contributed by atoms with van der Waals surface area (Å²) in [4.78, 5) is 28.4. The SMILES string of the molecule is CCOc1cc(C2C(=C(O)c3ccc(F)cc3)C(=O)C(=O)N2c2nnc(SCc3ccc(F)cc3)s2)ccc1OCCC(C)C. The third kappa shape index (κ3) is 7.34. The second-order valence-corrected chi connectivity index (χ2v) is 12.8. The monoisotopic (exact) mass is 651 g/mol. The van der Waals surface area contributed by atoms with E-state index >= 15 is 0 Å². The molecule has 4 aromatic rings. The van der Waals surface area contributed by atoms with Crippen LogP contribution in [0.15, 0.2) is 76.6 Å². The maximum atomic E-state index is 13.7. The first-order chi connectivity index (χ1) is 21.7. The van der Waals surface area contributed by atoms with Crippen molar-refractivity contribution in [3.05, 3.63) is 101 Å². The van der Waals surface area contributed by atoms with E-state index in [1.165, 1.54) is 40.9 Å². The molecule has 1 aliphatic heterocycles. The minimum absolute atomic E-state index is 0.150. The van der Waals surface area contributed by atoms with Crippen LogP contribution < -0.4 is 14.4 Å². The Hall–Kier alpha value is -4.29. The molecule has 0 bridgehead atoms. The van der Waals surface area contributed by atoms with E-state index in [0.29, 0.717) is 46.3 Å². The van der Waals surface area contributed by atoms with Gasteiger partial charge in [-0.05, 0) is 78.9 Å². The Bertz CT molecular complexity index is 1710. The number of carbonyl (C=O) groups is 2. The van der Waals surface area contributed by atoms with Gasteiger partial charge in [0.05, 0.1) is 24.8 Å². The predicted molar refractivity (Wildman–Crippen MR) is 170 cm³/mol. The van der Waals surface area contributed by atoms with Gasteiger partial charge in [0.1, 0.15) is 17.4 Å². The summed E-state index contributed by atoms with van der Waals surface area (Å²) in [6.45, 7) is 6.84. The van der Waals surface area contributed by atoms with Gasteiger partial charge in [-0.1, -0.05) is 55.1 Å². The fourth-order valence-corrected chi connectivity index (χ4v) is 6.50. The number of amides is 1. The summed E-state index contributed by atoms with van der Waals surface area (Å²) >= 11 is 2.46. The molecule has 45 heavy (non-hydrogen) atoms. The highest BCUT2D eigenvalue weighted by Crippen LogP contribution is 2.45. The molecule has 1 saturated heterocycles. The summed E-state index contributed by atoms with van der Waals surface area (Å²) in [5.41, 5.74) is 1.33. The second kappa shape index (κ2) is 14.2. The molecule has 0 saturated carbocycles. The summed E-state index contributed by atoms with van der Waals surface area (Å²) in [6, 6.07) is 15.1. The van der Waals surface area contributed by atoms with Gasteiger partial charge < -0.3 is 14.6 Å². The fraction of sp³-hybridized carbons (Fsp3) is 0.273. The van der Waals surface area contributed by atoms with Crippen molar-refractivity contribution in [2.75, 3.05) is 18.1 Å². The van der Waals surface area contributed by atoms with Gasteiger partial charge in [-0.2, -0.15) is 0 Å². The van der Waals surface area contributed by atoms with E-state index in [2.05, 4.69) is 24.0 Å². The molecule has 1 amide bonds. The number of carbonyl (C=O) groups excluding carboxylic acids is 2. The minimum Gasteiger partial charge on any atom is -0.507 e. The lowest BCUT2D eigenvalue weighted by molar-refractivity contribution is -0.132. The summed E-state index contributed by atoms with van der Waals surface area (Å²) < 4.78 is 39.4. The van der Waals surface area contributed by atoms with Gasteiger partial charge in [-0.25, -0.2) is 8.78 Å². The Morgan fingerprint density at radius 2 is 1.67 bits per heavy atom. The molecule has 1 aromatic heterocycles. The highest BCUT2D eigenvalue weighted by Gasteiger charge is 2.48. The molecule has 1 aliphatic rings. The first-order valence-corrected chi connectivity index (χ1v) is 16.1. The van der Waals surface area contributed by atoms with Crippen molar-refractivity contribution in [2.45, 2.75) is 43.3 Å². The molecule has 0 aliphatic carbocycles. The molecule has 1 atom stereocenters. The first kappa shape index (κ1) is 32.1. The largest absolute Gasteiger partial charge is 0.507 e. The smallest absolute Gasteiger partial charge is 0.301 e. The van der Waals surface area contributed by atoms with Crippen molar-refractivity contribution in [1.82, 2.24) is 10.2 Å². The van der Waals surface area contributed by atoms with Crippen molar-refractivity contribution >= 4 is 45.7 Å². The van der Waals surface area contributed by atoms with Gasteiger partial charge in [0.15, 0.2) is 15.8 Å². The number of thioether (sulfide) groups is 1. The maximum absolute atomic E-state index is 13.7. The highest BCUT2D eigenvalue weighted by molar-refractivity contribution is 8.00. The van der Waals surface area contributed by atoms with E-state index in [9.17, 15) is 23.5 Å². The topological polar surface area (TPSA) is 102 Å². The molecule has 1 N–H and O–H groups in total. The molecule has 1 fully saturated rings. The standard InChI is InChI=1S/C33H31F2N3O5S2/c1-4-42-26-17-22(9-14-25(26)43-16-15-19(2)3)28-27(29(39)21-7-12-24(35)13-8-21)30(40)31(41)38(28)32-36-37-33(45-32)44-18-20-5-10-23(34)11-6-20/h5-14,17,19,28,39H,4,15-16,18H2,1-3H3. The third-order valence-corrected chi connectivity index (χ3v) is 9.10.